The van der Waals surface area contributed by atoms with E-state index in [2.05, 4.69) is 5.32 Å². The van der Waals surface area contributed by atoms with Gasteiger partial charge in [-0.1, -0.05) is 41.9 Å². The van der Waals surface area contributed by atoms with Crippen LogP contribution in [0.25, 0.3) is 17.0 Å². The number of amides is 4. The van der Waals surface area contributed by atoms with Crippen LogP contribution in [-0.2, 0) is 22.7 Å². The predicted molar refractivity (Wildman–Crippen MR) is 130 cm³/mol. The molecule has 0 bridgehead atoms. The summed E-state index contributed by atoms with van der Waals surface area (Å²) >= 11 is 6.16. The van der Waals surface area contributed by atoms with Crippen molar-refractivity contribution >= 4 is 46.4 Å². The van der Waals surface area contributed by atoms with Gasteiger partial charge >= 0.3 is 6.03 Å². The summed E-state index contributed by atoms with van der Waals surface area (Å²) < 4.78 is 13.1. The highest BCUT2D eigenvalue weighted by atomic mass is 35.5. The number of aromatic nitrogens is 1. The minimum absolute atomic E-state index is 0.0799. The molecule has 4 amide bonds. The van der Waals surface area contributed by atoms with Gasteiger partial charge in [-0.05, 0) is 36.4 Å². The lowest BCUT2D eigenvalue weighted by atomic mass is 10.1. The van der Waals surface area contributed by atoms with Gasteiger partial charge in [0.2, 0.25) is 0 Å². The summed E-state index contributed by atoms with van der Waals surface area (Å²) in [6.45, 7) is 0.796. The molecule has 176 valence electrons. The van der Waals surface area contributed by atoms with Gasteiger partial charge in [0.1, 0.15) is 23.7 Å². The van der Waals surface area contributed by atoms with Crippen LogP contribution in [0.2, 0.25) is 5.02 Å². The highest BCUT2D eigenvalue weighted by Crippen LogP contribution is 2.26. The van der Waals surface area contributed by atoms with Crippen molar-refractivity contribution in [1.29, 1.82) is 0 Å². The molecule has 0 unspecified atom stereocenters. The predicted octanol–water partition coefficient (Wildman–Crippen LogP) is 4.63. The summed E-state index contributed by atoms with van der Waals surface area (Å²) in [5.41, 5.74) is 1.45. The molecule has 2 aromatic carbocycles. The average molecular weight is 490 g/mol. The van der Waals surface area contributed by atoms with Crippen molar-refractivity contribution in [3.05, 3.63) is 95.0 Å². The van der Waals surface area contributed by atoms with E-state index >= 15 is 0 Å². The molecule has 1 N–H and O–H groups in total. The summed E-state index contributed by atoms with van der Waals surface area (Å²) in [5.74, 6) is -0.403. The van der Waals surface area contributed by atoms with Crippen LogP contribution in [0.1, 0.15) is 11.3 Å². The van der Waals surface area contributed by atoms with E-state index in [0.717, 1.165) is 15.8 Å². The number of barbiturate groups is 1. The Hall–Kier alpha value is -4.30. The minimum Gasteiger partial charge on any atom is -0.490 e. The number of fused-ring (bicyclic) bond motifs is 1. The number of nitrogens with one attached hydrogen (secondary N) is 1. The number of benzene rings is 2. The number of nitrogens with zero attached hydrogens (tertiary/aromatic N) is 2. The summed E-state index contributed by atoms with van der Waals surface area (Å²) in [7, 11) is 0. The number of para-hydroxylation sites is 2. The van der Waals surface area contributed by atoms with Crippen LogP contribution in [0.4, 0.5) is 4.79 Å². The Morgan fingerprint density at radius 3 is 2.60 bits per heavy atom. The van der Waals surface area contributed by atoms with E-state index in [4.69, 9.17) is 20.8 Å². The third kappa shape index (κ3) is 4.56. The van der Waals surface area contributed by atoms with Gasteiger partial charge in [-0.2, -0.15) is 0 Å². The smallest absolute Gasteiger partial charge is 0.331 e. The van der Waals surface area contributed by atoms with Crippen LogP contribution in [-0.4, -0.2) is 33.9 Å². The van der Waals surface area contributed by atoms with Crippen LogP contribution < -0.4 is 10.1 Å². The molecule has 4 aromatic rings. The Kier molecular flexibility index (Phi) is 6.12. The molecular weight excluding hydrogens is 470 g/mol. The normalized spacial score (nSPS) is 15.2. The Morgan fingerprint density at radius 1 is 1.00 bits per heavy atom. The quantitative estimate of drug-likeness (QED) is 0.302. The maximum absolute atomic E-state index is 13.1. The van der Waals surface area contributed by atoms with Gasteiger partial charge in [0, 0.05) is 22.7 Å². The van der Waals surface area contributed by atoms with Gasteiger partial charge in [0.25, 0.3) is 11.8 Å². The van der Waals surface area contributed by atoms with Crippen molar-refractivity contribution in [3.63, 3.8) is 0 Å². The van der Waals surface area contributed by atoms with Crippen molar-refractivity contribution in [2.75, 3.05) is 6.61 Å². The molecule has 3 heterocycles. The van der Waals surface area contributed by atoms with Gasteiger partial charge in [0.15, 0.2) is 0 Å². The van der Waals surface area contributed by atoms with Crippen LogP contribution in [0.5, 0.6) is 5.75 Å². The molecule has 0 atom stereocenters. The van der Waals surface area contributed by atoms with E-state index in [-0.39, 0.29) is 12.1 Å². The molecule has 2 aromatic heterocycles. The number of furan rings is 1. The van der Waals surface area contributed by atoms with E-state index in [0.29, 0.717) is 35.2 Å². The molecule has 0 radical (unpaired) electrons. The lowest BCUT2D eigenvalue weighted by Gasteiger charge is -2.25. The first kappa shape index (κ1) is 22.5. The number of hydrogen-bond donors (Lipinski definition) is 1. The molecule has 1 aliphatic rings. The number of ether oxygens (including phenoxy) is 1. The van der Waals surface area contributed by atoms with Crippen LogP contribution in [0.3, 0.4) is 0 Å². The van der Waals surface area contributed by atoms with Crippen LogP contribution in [0, 0.1) is 0 Å². The Bertz CT molecular complexity index is 1450. The number of imide groups is 2. The number of halogens is 1. The van der Waals surface area contributed by atoms with Gasteiger partial charge in [-0.15, -0.1) is 0 Å². The number of rotatable bonds is 7. The van der Waals surface area contributed by atoms with Crippen LogP contribution in [0.15, 0.2) is 83.1 Å². The topological polar surface area (TPSA) is 93.8 Å². The molecule has 0 spiro atoms. The second-order valence-electron chi connectivity index (χ2n) is 7.86. The number of carbonyl (C=O) groups is 3. The van der Waals surface area contributed by atoms with Gasteiger partial charge in [0.05, 0.1) is 24.4 Å². The zero-order valence-electron chi connectivity index (χ0n) is 18.4. The molecule has 8 nitrogen and oxygen atoms in total. The highest BCUT2D eigenvalue weighted by molar-refractivity contribution is 6.32. The molecule has 35 heavy (non-hydrogen) atoms. The van der Waals surface area contributed by atoms with Gasteiger partial charge < -0.3 is 13.7 Å². The fraction of sp³-hybridized carbons (Fsp3) is 0.115. The first-order valence-electron chi connectivity index (χ1n) is 10.9. The molecule has 0 saturated carbocycles. The Balaban J connectivity index is 1.42. The number of hydrogen-bond acceptors (Lipinski definition) is 5. The molecule has 1 fully saturated rings. The zero-order valence-corrected chi connectivity index (χ0v) is 19.2. The maximum atomic E-state index is 13.1. The maximum Gasteiger partial charge on any atom is 0.331 e. The SMILES string of the molecule is O=C1NC(=O)N(Cc2ccco2)C(=O)/C1=C/c1cn(CCOc2ccccc2Cl)c2ccccc12. The molecule has 1 saturated heterocycles. The van der Waals surface area contributed by atoms with Crippen molar-refractivity contribution in [2.45, 2.75) is 13.1 Å². The monoisotopic (exact) mass is 489 g/mol. The second kappa shape index (κ2) is 9.52. The third-order valence-corrected chi connectivity index (χ3v) is 5.94. The molecular formula is C26H20ClN3O5. The summed E-state index contributed by atoms with van der Waals surface area (Å²) in [6.07, 6.45) is 4.81. The van der Waals surface area contributed by atoms with Crippen molar-refractivity contribution in [2.24, 2.45) is 0 Å². The van der Waals surface area contributed by atoms with E-state index in [1.54, 1.807) is 24.3 Å². The van der Waals surface area contributed by atoms with E-state index in [1.165, 1.54) is 12.3 Å². The standard InChI is InChI=1S/C26H20ClN3O5/c27-21-8-2-4-10-23(21)35-13-11-29-15-17(19-7-1-3-9-22(19)29)14-20-24(31)28-26(33)30(25(20)32)16-18-6-5-12-34-18/h1-10,12,14-15H,11,13,16H2,(H,28,31,33)/b20-14+. The molecule has 9 heteroatoms. The summed E-state index contributed by atoms with van der Waals surface area (Å²) in [4.78, 5) is 38.9. The first-order chi connectivity index (χ1) is 17.0. The molecule has 0 aliphatic carbocycles. The Morgan fingerprint density at radius 2 is 1.80 bits per heavy atom. The lowest BCUT2D eigenvalue weighted by molar-refractivity contribution is -0.130. The molecule has 1 aliphatic heterocycles. The highest BCUT2D eigenvalue weighted by Gasteiger charge is 2.36. The summed E-state index contributed by atoms with van der Waals surface area (Å²) in [6, 6.07) is 17.4. The Labute approximate surface area is 205 Å². The zero-order chi connectivity index (χ0) is 24.4. The fourth-order valence-electron chi connectivity index (χ4n) is 3.94. The summed E-state index contributed by atoms with van der Waals surface area (Å²) in [5, 5.41) is 3.62. The van der Waals surface area contributed by atoms with Crippen LogP contribution >= 0.6 is 11.6 Å². The van der Waals surface area contributed by atoms with Gasteiger partial charge in [-0.3, -0.25) is 19.8 Å². The number of carbonyl (C=O) groups excluding carboxylic acids is 3. The first-order valence-corrected chi connectivity index (χ1v) is 11.3. The minimum atomic E-state index is -0.785. The van der Waals surface area contributed by atoms with Gasteiger partial charge in [-0.25, -0.2) is 4.79 Å². The number of urea groups is 1. The van der Waals surface area contributed by atoms with E-state index in [9.17, 15) is 14.4 Å². The fourth-order valence-corrected chi connectivity index (χ4v) is 4.13. The molecule has 5 rings (SSSR count). The average Bonchev–Trinajstić information content (AvgIpc) is 3.49. The second-order valence-corrected chi connectivity index (χ2v) is 8.27. The van der Waals surface area contributed by atoms with E-state index < -0.39 is 17.8 Å². The lowest BCUT2D eigenvalue weighted by Crippen LogP contribution is -2.53. The van der Waals surface area contributed by atoms with E-state index in [1.807, 2.05) is 47.2 Å². The third-order valence-electron chi connectivity index (χ3n) is 5.63. The van der Waals surface area contributed by atoms with Crippen molar-refractivity contribution in [1.82, 2.24) is 14.8 Å². The largest absolute Gasteiger partial charge is 0.490 e. The van der Waals surface area contributed by atoms with Crippen molar-refractivity contribution in [3.8, 4) is 5.75 Å². The van der Waals surface area contributed by atoms with Crippen molar-refractivity contribution < 1.29 is 23.5 Å².